The van der Waals surface area contributed by atoms with Crippen molar-refractivity contribution in [1.82, 2.24) is 4.98 Å². The zero-order valence-electron chi connectivity index (χ0n) is 36.4. The van der Waals surface area contributed by atoms with E-state index in [1.807, 2.05) is 83.4 Å². The maximum atomic E-state index is 15.4. The second-order valence-electron chi connectivity index (χ2n) is 15.9. The van der Waals surface area contributed by atoms with Crippen LogP contribution in [-0.2, 0) is 6.54 Å². The first-order chi connectivity index (χ1) is 35.5. The molecule has 0 atom stereocenters. The molecule has 4 nitrogen and oxygen atoms in total. The van der Waals surface area contributed by atoms with Gasteiger partial charge in [0, 0.05) is 16.3 Å². The topological polar surface area (TPSA) is 43.1 Å². The van der Waals surface area contributed by atoms with Gasteiger partial charge in [0.25, 0.3) is 0 Å². The number of benzene rings is 8. The first-order valence-electron chi connectivity index (χ1n) is 20.7. The summed E-state index contributed by atoms with van der Waals surface area (Å²) in [6.07, 6.45) is -2.19. The summed E-state index contributed by atoms with van der Waals surface area (Å²) >= 11 is 0. The summed E-state index contributed by atoms with van der Waals surface area (Å²) in [5.41, 5.74) is -12.8. The fourth-order valence-corrected chi connectivity index (χ4v) is 8.58. The standard InChI is InChI=1S/C26H19N2O2.C24BF20/c29-26(24-17-27-14-15-28(24)18-19-8-2-1-3-9-19)30-25-22-12-6-4-10-20(22)16-21-11-5-7-13-23(21)25;26-5-1(6(27)14(35)21(42)13(5)34)25(2-7(28)15(36)22(43)16(37)8(2)29,3-9(30)17(38)23(44)18(39)10(3)31)4-11(32)19(40)24(45)20(41)12(4)33/h1-17H,18H2;/q+1;-1. The van der Waals surface area contributed by atoms with E-state index in [9.17, 15) is 57.5 Å². The SMILES string of the molecule is Fc1c(F)c(F)c([B-](c2c(F)c(F)c(F)c(F)c2F)(c2c(F)c(F)c(F)c(F)c2F)c2c(F)c(F)c(F)c(F)c2F)c(F)c1F.O=C(Oc1c2ccccc2cc2ccccc12)c1cncc[n+]1Cc1ccccc1. The number of fused-ring (bicyclic) bond motifs is 2. The van der Waals surface area contributed by atoms with Crippen molar-refractivity contribution < 1.29 is 102 Å². The van der Waals surface area contributed by atoms with Gasteiger partial charge >= 0.3 is 11.7 Å². The lowest BCUT2D eigenvalue weighted by molar-refractivity contribution is -0.691. The van der Waals surface area contributed by atoms with Gasteiger partial charge in [-0.3, -0.25) is 4.98 Å². The molecule has 0 amide bonds. The molecule has 0 unspecified atom stereocenters. The number of esters is 1. The molecule has 0 saturated heterocycles. The molecule has 0 fully saturated rings. The van der Waals surface area contributed by atoms with E-state index in [1.54, 1.807) is 18.6 Å². The van der Waals surface area contributed by atoms with Crippen molar-refractivity contribution in [3.05, 3.63) is 231 Å². The van der Waals surface area contributed by atoms with Crippen LogP contribution in [0, 0.1) is 116 Å². The van der Waals surface area contributed by atoms with Crippen molar-refractivity contribution in [2.75, 3.05) is 0 Å². The molecule has 0 aliphatic heterocycles. The van der Waals surface area contributed by atoms with Crippen molar-refractivity contribution in [2.24, 2.45) is 0 Å². The Bertz CT molecular complexity index is 3390. The van der Waals surface area contributed by atoms with Crippen LogP contribution < -0.4 is 31.2 Å². The van der Waals surface area contributed by atoms with Crippen LogP contribution in [0.1, 0.15) is 16.1 Å². The molecule has 0 spiro atoms. The highest BCUT2D eigenvalue weighted by Crippen LogP contribution is 2.36. The smallest absolute Gasteiger partial charge is 0.410 e. The molecule has 0 radical (unpaired) electrons. The van der Waals surface area contributed by atoms with Crippen LogP contribution in [0.25, 0.3) is 21.5 Å². The lowest BCUT2D eigenvalue weighted by Gasteiger charge is -2.44. The minimum atomic E-state index is -7.22. The highest BCUT2D eigenvalue weighted by Gasteiger charge is 2.52. The maximum absolute atomic E-state index is 15.4. The third-order valence-corrected chi connectivity index (χ3v) is 11.9. The lowest BCUT2D eigenvalue weighted by atomic mass is 9.12. The molecule has 75 heavy (non-hydrogen) atoms. The summed E-state index contributed by atoms with van der Waals surface area (Å²) in [7, 11) is 0. The number of hydrogen-bond acceptors (Lipinski definition) is 3. The van der Waals surface area contributed by atoms with E-state index in [2.05, 4.69) is 11.1 Å². The fraction of sp³-hybridized carbons (Fsp3) is 0.0200. The number of hydrogen-bond donors (Lipinski definition) is 0. The molecule has 25 heteroatoms. The van der Waals surface area contributed by atoms with E-state index in [0.29, 0.717) is 18.0 Å². The number of nitrogens with zero attached hydrogens (tertiary/aromatic N) is 2. The number of carbonyl (C=O) groups is 1. The Morgan fingerprint density at radius 1 is 0.413 bits per heavy atom. The predicted octanol–water partition coefficient (Wildman–Crippen LogP) is 10.8. The van der Waals surface area contributed by atoms with Crippen molar-refractivity contribution in [1.29, 1.82) is 0 Å². The van der Waals surface area contributed by atoms with Crippen LogP contribution in [0.15, 0.2) is 104 Å². The average Bonchev–Trinajstić information content (AvgIpc) is 3.41. The summed E-state index contributed by atoms with van der Waals surface area (Å²) in [6, 6.07) is 28.0. The molecule has 0 N–H and O–H groups in total. The van der Waals surface area contributed by atoms with Gasteiger partial charge in [0.15, 0.2) is 82.5 Å². The number of halogens is 20. The molecule has 0 aliphatic carbocycles. The average molecular weight is 1070 g/mol. The van der Waals surface area contributed by atoms with Crippen LogP contribution in [0.5, 0.6) is 5.75 Å². The second-order valence-corrected chi connectivity index (χ2v) is 15.9. The predicted molar refractivity (Wildman–Crippen MR) is 226 cm³/mol. The van der Waals surface area contributed by atoms with Crippen LogP contribution in [0.2, 0.25) is 0 Å². The lowest BCUT2D eigenvalue weighted by Crippen LogP contribution is -2.81. The molecule has 0 bridgehead atoms. The maximum Gasteiger partial charge on any atom is 0.410 e. The minimum absolute atomic E-state index is 0.401. The molecule has 0 aliphatic rings. The third-order valence-electron chi connectivity index (χ3n) is 11.9. The molecule has 8 aromatic carbocycles. The van der Waals surface area contributed by atoms with E-state index in [1.165, 1.54) is 0 Å². The monoisotopic (exact) mass is 1070 g/mol. The third kappa shape index (κ3) is 8.48. The van der Waals surface area contributed by atoms with Crippen molar-refractivity contribution in [3.8, 4) is 5.75 Å². The first-order valence-corrected chi connectivity index (χ1v) is 20.7. The Morgan fingerprint density at radius 3 is 1.07 bits per heavy atom. The van der Waals surface area contributed by atoms with Gasteiger partial charge in [-0.1, -0.05) is 78.9 Å². The Morgan fingerprint density at radius 2 is 0.720 bits per heavy atom. The van der Waals surface area contributed by atoms with E-state index < -0.39 is 150 Å². The van der Waals surface area contributed by atoms with Gasteiger partial charge in [-0.25, -0.2) is 92.6 Å². The van der Waals surface area contributed by atoms with Gasteiger partial charge in [0.1, 0.15) is 64.6 Å². The molecule has 0 saturated carbocycles. The zero-order chi connectivity index (χ0) is 54.7. The molecule has 9 rings (SSSR count). The molecule has 384 valence electrons. The normalized spacial score (nSPS) is 11.6. The number of carbonyl (C=O) groups excluding carboxylic acids is 1. The van der Waals surface area contributed by atoms with E-state index in [0.717, 1.165) is 27.1 Å². The number of ether oxygens (including phenoxy) is 1. The summed E-state index contributed by atoms with van der Waals surface area (Å²) < 4.78 is 302. The van der Waals surface area contributed by atoms with Gasteiger partial charge in [-0.05, 0) is 16.8 Å². The van der Waals surface area contributed by atoms with E-state index in [-0.39, 0.29) is 0 Å². The van der Waals surface area contributed by atoms with Gasteiger partial charge in [0.2, 0.25) is 0 Å². The van der Waals surface area contributed by atoms with Gasteiger partial charge < -0.3 is 4.74 Å². The van der Waals surface area contributed by atoms with Gasteiger partial charge in [-0.15, -0.1) is 21.9 Å². The summed E-state index contributed by atoms with van der Waals surface area (Å²) in [4.78, 5) is 17.4. The molecule has 1 heterocycles. The summed E-state index contributed by atoms with van der Waals surface area (Å²) in [6.45, 7) is 0.560. The van der Waals surface area contributed by atoms with Crippen LogP contribution in [0.4, 0.5) is 87.8 Å². The Balaban J connectivity index is 0.000000215. The highest BCUT2D eigenvalue weighted by atomic mass is 19.2. The van der Waals surface area contributed by atoms with Gasteiger partial charge in [-0.2, -0.15) is 4.57 Å². The van der Waals surface area contributed by atoms with Crippen molar-refractivity contribution in [2.45, 2.75) is 6.54 Å². The molecule has 9 aromatic rings. The number of rotatable bonds is 8. The Kier molecular flexibility index (Phi) is 14.1. The highest BCUT2D eigenvalue weighted by molar-refractivity contribution is 7.20. The molecular formula is C50H19BF20N2O2. The largest absolute Gasteiger partial charge is 0.417 e. The van der Waals surface area contributed by atoms with Crippen molar-refractivity contribution >= 4 is 55.5 Å². The Labute approximate surface area is 405 Å². The summed E-state index contributed by atoms with van der Waals surface area (Å²) in [5, 5.41) is 3.87. The Hall–Kier alpha value is -8.51. The molecular weight excluding hydrogens is 1050 g/mol. The van der Waals surface area contributed by atoms with Crippen LogP contribution >= 0.6 is 0 Å². The zero-order valence-corrected chi connectivity index (χ0v) is 36.4. The fourth-order valence-electron chi connectivity index (χ4n) is 8.58. The van der Waals surface area contributed by atoms with E-state index in [4.69, 9.17) is 4.74 Å². The van der Waals surface area contributed by atoms with Crippen molar-refractivity contribution in [3.63, 3.8) is 0 Å². The summed E-state index contributed by atoms with van der Waals surface area (Å²) in [5.74, 6) is -71.3. The number of aromatic nitrogens is 2. The minimum Gasteiger partial charge on any atom is -0.417 e. The van der Waals surface area contributed by atoms with Crippen LogP contribution in [0.3, 0.4) is 0 Å². The van der Waals surface area contributed by atoms with Crippen LogP contribution in [-0.4, -0.2) is 17.1 Å². The quantitative estimate of drug-likeness (QED) is 0.0223. The first kappa shape index (κ1) is 52.8. The van der Waals surface area contributed by atoms with Gasteiger partial charge in [0.05, 0.1) is 6.20 Å². The molecule has 1 aromatic heterocycles. The second kappa shape index (κ2) is 20.1. The van der Waals surface area contributed by atoms with E-state index >= 15 is 35.1 Å².